The maximum Gasteiger partial charge on any atom is 0.355 e. The molecule has 0 unspecified atom stereocenters. The number of hydrogen-bond acceptors (Lipinski definition) is 3. The Morgan fingerprint density at radius 1 is 1.23 bits per heavy atom. The van der Waals surface area contributed by atoms with Crippen LogP contribution in [0.3, 0.4) is 0 Å². The monoisotopic (exact) mass is 370 g/mol. The first-order chi connectivity index (χ1) is 12.1. The fourth-order valence-electron chi connectivity index (χ4n) is 3.05. The zero-order valence-electron chi connectivity index (χ0n) is 15.0. The molecule has 5 nitrogen and oxygen atoms in total. The minimum absolute atomic E-state index is 0.0683. The summed E-state index contributed by atoms with van der Waals surface area (Å²) in [6.07, 6.45) is 1.37. The molecule has 2 heterocycles. The topological polar surface area (TPSA) is 83.1 Å². The van der Waals surface area contributed by atoms with E-state index in [-0.39, 0.29) is 16.5 Å². The van der Waals surface area contributed by atoms with Gasteiger partial charge in [0.05, 0.1) is 16.6 Å². The largest absolute Gasteiger partial charge is 0.476 e. The summed E-state index contributed by atoms with van der Waals surface area (Å²) in [5.74, 6) is -1.23. The van der Waals surface area contributed by atoms with Gasteiger partial charge in [0.2, 0.25) is 0 Å². The third-order valence-electron chi connectivity index (χ3n) is 4.36. The van der Waals surface area contributed by atoms with Crippen molar-refractivity contribution in [2.24, 2.45) is 0 Å². The van der Waals surface area contributed by atoms with E-state index >= 15 is 0 Å². The summed E-state index contributed by atoms with van der Waals surface area (Å²) in [6, 6.07) is 6.85. The molecule has 2 aromatic heterocycles. The van der Waals surface area contributed by atoms with Gasteiger partial charge in [0, 0.05) is 22.8 Å². The fourth-order valence-corrected chi connectivity index (χ4v) is 3.50. The van der Waals surface area contributed by atoms with Crippen LogP contribution in [0.1, 0.15) is 42.4 Å². The van der Waals surface area contributed by atoms with Gasteiger partial charge in [0.1, 0.15) is 0 Å². The Labute approximate surface area is 155 Å². The smallest absolute Gasteiger partial charge is 0.355 e. The number of benzene rings is 1. The molecule has 0 amide bonds. The van der Waals surface area contributed by atoms with Crippen molar-refractivity contribution in [3.8, 4) is 11.3 Å². The molecular weight excluding hydrogens is 352 g/mol. The van der Waals surface area contributed by atoms with Gasteiger partial charge in [0.25, 0.3) is 0 Å². The third-order valence-corrected chi connectivity index (χ3v) is 4.67. The number of carboxylic acids is 1. The van der Waals surface area contributed by atoms with Crippen LogP contribution in [-0.2, 0) is 5.41 Å². The van der Waals surface area contributed by atoms with Gasteiger partial charge >= 0.3 is 5.97 Å². The molecule has 6 heteroatoms. The van der Waals surface area contributed by atoms with E-state index in [1.54, 1.807) is 6.07 Å². The van der Waals surface area contributed by atoms with Crippen molar-refractivity contribution in [2.75, 3.05) is 0 Å². The second-order valence-electron chi connectivity index (χ2n) is 7.33. The number of carboxylic acid groups (broad SMARTS) is 1. The van der Waals surface area contributed by atoms with Crippen molar-refractivity contribution in [2.45, 2.75) is 33.1 Å². The molecule has 26 heavy (non-hydrogen) atoms. The number of aryl methyl sites for hydroxylation is 1. The highest BCUT2D eigenvalue weighted by Crippen LogP contribution is 2.35. The van der Waals surface area contributed by atoms with Gasteiger partial charge < -0.3 is 10.1 Å². The van der Waals surface area contributed by atoms with Crippen LogP contribution in [0.4, 0.5) is 0 Å². The lowest BCUT2D eigenvalue weighted by atomic mass is 9.85. The van der Waals surface area contributed by atoms with Crippen LogP contribution >= 0.6 is 11.6 Å². The maximum absolute atomic E-state index is 12.6. The molecule has 0 aliphatic carbocycles. The lowest BCUT2D eigenvalue weighted by Gasteiger charge is -2.22. The van der Waals surface area contributed by atoms with E-state index in [0.717, 1.165) is 16.7 Å². The number of aromatic amines is 1. The van der Waals surface area contributed by atoms with Crippen LogP contribution in [0, 0.1) is 6.92 Å². The average molecular weight is 371 g/mol. The molecule has 134 valence electrons. The molecule has 0 atom stereocenters. The van der Waals surface area contributed by atoms with Crippen molar-refractivity contribution in [3.05, 3.63) is 62.5 Å². The number of nitrogens with zero attached hydrogens (tertiary/aromatic N) is 1. The molecule has 0 spiro atoms. The molecule has 0 radical (unpaired) electrons. The lowest BCUT2D eigenvalue weighted by Crippen LogP contribution is -2.13. The highest BCUT2D eigenvalue weighted by atomic mass is 35.5. The number of aromatic nitrogens is 2. The summed E-state index contributed by atoms with van der Waals surface area (Å²) >= 11 is 6.48. The van der Waals surface area contributed by atoms with Crippen LogP contribution in [0.25, 0.3) is 22.2 Å². The Balaban J connectivity index is 2.26. The molecule has 3 rings (SSSR count). The zero-order chi connectivity index (χ0) is 19.2. The molecule has 1 aromatic carbocycles. The number of rotatable bonds is 2. The number of hydrogen-bond donors (Lipinski definition) is 2. The second kappa shape index (κ2) is 6.25. The first kappa shape index (κ1) is 18.1. The van der Waals surface area contributed by atoms with Crippen molar-refractivity contribution in [3.63, 3.8) is 0 Å². The molecule has 0 aliphatic rings. The van der Waals surface area contributed by atoms with Crippen LogP contribution in [0.5, 0.6) is 0 Å². The number of fused-ring (bicyclic) bond motifs is 1. The fraction of sp³-hybridized carbons (Fsp3) is 0.250. The minimum Gasteiger partial charge on any atom is -0.476 e. The first-order valence-electron chi connectivity index (χ1n) is 8.16. The van der Waals surface area contributed by atoms with Gasteiger partial charge in [0.15, 0.2) is 11.1 Å². The van der Waals surface area contributed by atoms with Crippen LogP contribution in [0.2, 0.25) is 5.02 Å². The Hall–Kier alpha value is -2.66. The number of H-pyrrole nitrogens is 1. The van der Waals surface area contributed by atoms with Crippen molar-refractivity contribution >= 4 is 28.5 Å². The van der Waals surface area contributed by atoms with Gasteiger partial charge in [-0.2, -0.15) is 0 Å². The van der Waals surface area contributed by atoms with Crippen molar-refractivity contribution < 1.29 is 9.90 Å². The molecule has 0 bridgehead atoms. The van der Waals surface area contributed by atoms with Crippen LogP contribution < -0.4 is 5.43 Å². The Bertz CT molecular complexity index is 1090. The Morgan fingerprint density at radius 2 is 1.92 bits per heavy atom. The molecule has 0 aliphatic heterocycles. The van der Waals surface area contributed by atoms with E-state index in [1.807, 2.05) is 19.1 Å². The normalized spacial score (nSPS) is 11.7. The number of carbonyl (C=O) groups is 1. The van der Waals surface area contributed by atoms with Crippen molar-refractivity contribution in [1.29, 1.82) is 0 Å². The van der Waals surface area contributed by atoms with Gasteiger partial charge in [-0.25, -0.2) is 9.78 Å². The highest BCUT2D eigenvalue weighted by molar-refractivity contribution is 6.31. The van der Waals surface area contributed by atoms with E-state index in [2.05, 4.69) is 30.7 Å². The Morgan fingerprint density at radius 3 is 2.54 bits per heavy atom. The zero-order valence-corrected chi connectivity index (χ0v) is 15.7. The van der Waals surface area contributed by atoms with E-state index in [1.165, 1.54) is 12.3 Å². The lowest BCUT2D eigenvalue weighted by molar-refractivity contribution is 0.0693. The molecule has 0 saturated heterocycles. The third kappa shape index (κ3) is 3.10. The van der Waals surface area contributed by atoms with Gasteiger partial charge in [-0.1, -0.05) is 38.4 Å². The number of pyridine rings is 2. The standard InChI is InChI=1S/C20H19ClN2O3/c1-10-7-12(20(2,3)4)13(21)8-11(10)15-9-16(24)17-14(23-15)5-6-22-18(17)19(25)26/h5-9H,1-4H3,(H,23,24)(H,25,26). The van der Waals surface area contributed by atoms with E-state index in [4.69, 9.17) is 11.6 Å². The van der Waals surface area contributed by atoms with E-state index in [0.29, 0.717) is 16.2 Å². The van der Waals surface area contributed by atoms with Crippen LogP contribution in [0.15, 0.2) is 35.3 Å². The maximum atomic E-state index is 12.6. The van der Waals surface area contributed by atoms with Crippen LogP contribution in [-0.4, -0.2) is 21.0 Å². The van der Waals surface area contributed by atoms with E-state index < -0.39 is 11.4 Å². The quantitative estimate of drug-likeness (QED) is 0.693. The van der Waals surface area contributed by atoms with E-state index in [9.17, 15) is 14.7 Å². The second-order valence-corrected chi connectivity index (χ2v) is 7.74. The van der Waals surface area contributed by atoms with Gasteiger partial charge in [-0.15, -0.1) is 0 Å². The highest BCUT2D eigenvalue weighted by Gasteiger charge is 2.20. The summed E-state index contributed by atoms with van der Waals surface area (Å²) in [5.41, 5.74) is 3.07. The summed E-state index contributed by atoms with van der Waals surface area (Å²) in [6.45, 7) is 8.22. The number of nitrogens with one attached hydrogen (secondary N) is 1. The number of aromatic carboxylic acids is 1. The molecule has 0 saturated carbocycles. The molecule has 2 N–H and O–H groups in total. The summed E-state index contributed by atoms with van der Waals surface area (Å²) in [7, 11) is 0. The molecular formula is C20H19ClN2O3. The predicted molar refractivity (Wildman–Crippen MR) is 103 cm³/mol. The van der Waals surface area contributed by atoms with Gasteiger partial charge in [-0.05, 0) is 35.6 Å². The molecule has 0 fully saturated rings. The summed E-state index contributed by atoms with van der Waals surface area (Å²) in [4.78, 5) is 30.8. The SMILES string of the molecule is Cc1cc(C(C)(C)C)c(Cl)cc1-c1cc(=O)c2c(C(=O)O)nccc2[nH]1. The number of halogens is 1. The molecule has 3 aromatic rings. The summed E-state index contributed by atoms with van der Waals surface area (Å²) < 4.78 is 0. The predicted octanol–water partition coefficient (Wildman–Crippen LogP) is 4.55. The average Bonchev–Trinajstić information content (AvgIpc) is 2.54. The first-order valence-corrected chi connectivity index (χ1v) is 8.53. The summed E-state index contributed by atoms with van der Waals surface area (Å²) in [5, 5.41) is 9.94. The minimum atomic E-state index is -1.23. The van der Waals surface area contributed by atoms with Gasteiger partial charge in [-0.3, -0.25) is 4.79 Å². The van der Waals surface area contributed by atoms with Crippen molar-refractivity contribution in [1.82, 2.24) is 9.97 Å². The Kier molecular flexibility index (Phi) is 4.36.